The van der Waals surface area contributed by atoms with E-state index in [-0.39, 0.29) is 18.4 Å². The third-order valence-electron chi connectivity index (χ3n) is 4.90. The van der Waals surface area contributed by atoms with Crippen molar-refractivity contribution in [3.63, 3.8) is 0 Å². The zero-order chi connectivity index (χ0) is 18.2. The minimum atomic E-state index is -0.168. The second-order valence-corrected chi connectivity index (χ2v) is 6.77. The first-order valence-corrected chi connectivity index (χ1v) is 9.42. The molecule has 4 nitrogen and oxygen atoms in total. The van der Waals surface area contributed by atoms with Gasteiger partial charge in [-0.2, -0.15) is 0 Å². The van der Waals surface area contributed by atoms with E-state index in [2.05, 4.69) is 17.4 Å². The summed E-state index contributed by atoms with van der Waals surface area (Å²) in [4.78, 5) is 26.7. The van der Waals surface area contributed by atoms with E-state index in [9.17, 15) is 9.59 Å². The van der Waals surface area contributed by atoms with Crippen molar-refractivity contribution >= 4 is 11.8 Å². The molecule has 2 aromatic rings. The van der Waals surface area contributed by atoms with Gasteiger partial charge in [-0.3, -0.25) is 9.59 Å². The molecule has 26 heavy (non-hydrogen) atoms. The van der Waals surface area contributed by atoms with Gasteiger partial charge in [0.1, 0.15) is 0 Å². The van der Waals surface area contributed by atoms with Crippen LogP contribution in [-0.4, -0.2) is 36.3 Å². The summed E-state index contributed by atoms with van der Waals surface area (Å²) in [6.07, 6.45) is 4.99. The molecule has 0 saturated carbocycles. The minimum absolute atomic E-state index is 0.0137. The zero-order valence-electron chi connectivity index (χ0n) is 15.1. The van der Waals surface area contributed by atoms with Gasteiger partial charge in [-0.25, -0.2) is 0 Å². The number of carbonyl (C=O) groups excluding carboxylic acids is 2. The molecule has 2 amide bonds. The lowest BCUT2D eigenvalue weighted by Crippen LogP contribution is -2.42. The Bertz CT molecular complexity index is 737. The Morgan fingerprint density at radius 3 is 2.31 bits per heavy atom. The van der Waals surface area contributed by atoms with Crippen molar-refractivity contribution in [1.29, 1.82) is 0 Å². The second kappa shape index (κ2) is 9.18. The van der Waals surface area contributed by atoms with Gasteiger partial charge in [0.15, 0.2) is 0 Å². The summed E-state index contributed by atoms with van der Waals surface area (Å²) in [5, 5.41) is 2.80. The first-order valence-electron chi connectivity index (χ1n) is 9.42. The van der Waals surface area contributed by atoms with E-state index in [0.717, 1.165) is 44.3 Å². The monoisotopic (exact) mass is 350 g/mol. The molecule has 1 aliphatic rings. The Kier molecular flexibility index (Phi) is 6.42. The molecule has 4 heteroatoms. The average molecular weight is 350 g/mol. The largest absolute Gasteiger partial charge is 0.343 e. The van der Waals surface area contributed by atoms with E-state index in [4.69, 9.17) is 0 Å². The van der Waals surface area contributed by atoms with Crippen LogP contribution in [0.3, 0.4) is 0 Å². The number of hydrogen-bond acceptors (Lipinski definition) is 2. The van der Waals surface area contributed by atoms with E-state index in [0.29, 0.717) is 5.56 Å². The SMILES string of the molecule is O=C(NCC(=O)N1CCCCC1)c1ccccc1CCc1ccccc1. The van der Waals surface area contributed by atoms with Crippen LogP contribution in [-0.2, 0) is 17.6 Å². The summed E-state index contributed by atoms with van der Waals surface area (Å²) in [6, 6.07) is 17.9. The van der Waals surface area contributed by atoms with Gasteiger partial charge in [-0.05, 0) is 49.3 Å². The van der Waals surface area contributed by atoms with Gasteiger partial charge in [0.25, 0.3) is 5.91 Å². The van der Waals surface area contributed by atoms with Crippen LogP contribution < -0.4 is 5.32 Å². The maximum absolute atomic E-state index is 12.6. The maximum Gasteiger partial charge on any atom is 0.251 e. The van der Waals surface area contributed by atoms with Crippen LogP contribution in [0.2, 0.25) is 0 Å². The van der Waals surface area contributed by atoms with E-state index in [1.54, 1.807) is 0 Å². The number of aryl methyl sites for hydroxylation is 2. The molecular formula is C22H26N2O2. The Hall–Kier alpha value is -2.62. The van der Waals surface area contributed by atoms with Gasteiger partial charge in [-0.1, -0.05) is 48.5 Å². The molecule has 1 fully saturated rings. The van der Waals surface area contributed by atoms with Crippen LogP contribution in [0.25, 0.3) is 0 Å². The highest BCUT2D eigenvalue weighted by atomic mass is 16.2. The zero-order valence-corrected chi connectivity index (χ0v) is 15.1. The molecule has 1 saturated heterocycles. The lowest BCUT2D eigenvalue weighted by Gasteiger charge is -2.26. The summed E-state index contributed by atoms with van der Waals surface area (Å²) in [7, 11) is 0. The Labute approximate surface area is 155 Å². The standard InChI is InChI=1S/C22H26N2O2/c25-21(24-15-7-2-8-16-24)17-23-22(26)20-12-6-5-11-19(20)14-13-18-9-3-1-4-10-18/h1,3-6,9-12H,2,7-8,13-17H2,(H,23,26). The van der Waals surface area contributed by atoms with Crippen LogP contribution in [0.4, 0.5) is 0 Å². The highest BCUT2D eigenvalue weighted by molar-refractivity contribution is 5.97. The van der Waals surface area contributed by atoms with Crippen LogP contribution in [0.1, 0.15) is 40.7 Å². The molecular weight excluding hydrogens is 324 g/mol. The van der Waals surface area contributed by atoms with Gasteiger partial charge >= 0.3 is 0 Å². The van der Waals surface area contributed by atoms with Crippen LogP contribution in [0.5, 0.6) is 0 Å². The number of nitrogens with one attached hydrogen (secondary N) is 1. The molecule has 0 unspecified atom stereocenters. The summed E-state index contributed by atoms with van der Waals surface area (Å²) >= 11 is 0. The molecule has 3 rings (SSSR count). The summed E-state index contributed by atoms with van der Waals surface area (Å²) in [5.74, 6) is -0.154. The average Bonchev–Trinajstić information content (AvgIpc) is 2.72. The van der Waals surface area contributed by atoms with Crippen LogP contribution in [0.15, 0.2) is 54.6 Å². The van der Waals surface area contributed by atoms with Crippen LogP contribution in [0, 0.1) is 0 Å². The van der Waals surface area contributed by atoms with E-state index < -0.39 is 0 Å². The quantitative estimate of drug-likeness (QED) is 0.870. The predicted octanol–water partition coefficient (Wildman–Crippen LogP) is 3.21. The smallest absolute Gasteiger partial charge is 0.251 e. The Morgan fingerprint density at radius 2 is 1.54 bits per heavy atom. The topological polar surface area (TPSA) is 49.4 Å². The van der Waals surface area contributed by atoms with Gasteiger partial charge in [0.2, 0.25) is 5.91 Å². The number of carbonyl (C=O) groups is 2. The van der Waals surface area contributed by atoms with Crippen molar-refractivity contribution in [2.75, 3.05) is 19.6 Å². The molecule has 0 radical (unpaired) electrons. The van der Waals surface area contributed by atoms with E-state index in [1.165, 1.54) is 12.0 Å². The molecule has 1 aliphatic heterocycles. The van der Waals surface area contributed by atoms with Crippen molar-refractivity contribution in [3.8, 4) is 0 Å². The molecule has 0 bridgehead atoms. The molecule has 0 aromatic heterocycles. The normalized spacial score (nSPS) is 14.1. The van der Waals surface area contributed by atoms with Crippen molar-refractivity contribution < 1.29 is 9.59 Å². The summed E-state index contributed by atoms with van der Waals surface area (Å²) in [5.41, 5.74) is 2.93. The van der Waals surface area contributed by atoms with Gasteiger partial charge in [0, 0.05) is 18.7 Å². The van der Waals surface area contributed by atoms with Crippen molar-refractivity contribution in [3.05, 3.63) is 71.3 Å². The lowest BCUT2D eigenvalue weighted by molar-refractivity contribution is -0.130. The molecule has 1 heterocycles. The van der Waals surface area contributed by atoms with Gasteiger partial charge < -0.3 is 10.2 Å². The first kappa shape index (κ1) is 18.2. The molecule has 0 atom stereocenters. The van der Waals surface area contributed by atoms with Crippen LogP contribution >= 0.6 is 0 Å². The number of likely N-dealkylation sites (tertiary alicyclic amines) is 1. The molecule has 0 spiro atoms. The fraction of sp³-hybridized carbons (Fsp3) is 0.364. The molecule has 0 aliphatic carbocycles. The highest BCUT2D eigenvalue weighted by Crippen LogP contribution is 2.13. The Balaban J connectivity index is 1.57. The first-order chi connectivity index (χ1) is 12.7. The number of hydrogen-bond donors (Lipinski definition) is 1. The number of benzene rings is 2. The van der Waals surface area contributed by atoms with Crippen molar-refractivity contribution in [1.82, 2.24) is 10.2 Å². The predicted molar refractivity (Wildman–Crippen MR) is 103 cm³/mol. The number of amides is 2. The maximum atomic E-state index is 12.6. The minimum Gasteiger partial charge on any atom is -0.343 e. The third kappa shape index (κ3) is 4.94. The summed E-state index contributed by atoms with van der Waals surface area (Å²) < 4.78 is 0. The fourth-order valence-electron chi connectivity index (χ4n) is 3.39. The Morgan fingerprint density at radius 1 is 0.846 bits per heavy atom. The van der Waals surface area contributed by atoms with Crippen molar-refractivity contribution in [2.45, 2.75) is 32.1 Å². The van der Waals surface area contributed by atoms with Gasteiger partial charge in [-0.15, -0.1) is 0 Å². The highest BCUT2D eigenvalue weighted by Gasteiger charge is 2.18. The lowest BCUT2D eigenvalue weighted by atomic mass is 9.99. The molecule has 2 aromatic carbocycles. The molecule has 1 N–H and O–H groups in total. The second-order valence-electron chi connectivity index (χ2n) is 6.77. The molecule has 136 valence electrons. The van der Waals surface area contributed by atoms with E-state index >= 15 is 0 Å². The van der Waals surface area contributed by atoms with Crippen molar-refractivity contribution in [2.24, 2.45) is 0 Å². The summed E-state index contributed by atoms with van der Waals surface area (Å²) in [6.45, 7) is 1.69. The third-order valence-corrected chi connectivity index (χ3v) is 4.90. The number of nitrogens with zero attached hydrogens (tertiary/aromatic N) is 1. The number of rotatable bonds is 6. The number of piperidine rings is 1. The fourth-order valence-corrected chi connectivity index (χ4v) is 3.39. The van der Waals surface area contributed by atoms with E-state index in [1.807, 2.05) is 47.4 Å². The van der Waals surface area contributed by atoms with Gasteiger partial charge in [0.05, 0.1) is 6.54 Å².